The molecule has 0 fully saturated rings. The van der Waals surface area contributed by atoms with Crippen molar-refractivity contribution in [1.29, 1.82) is 0 Å². The molecule has 2 aromatic carbocycles. The van der Waals surface area contributed by atoms with Crippen molar-refractivity contribution in [3.8, 4) is 0 Å². The fourth-order valence-corrected chi connectivity index (χ4v) is 4.08. The number of aromatic nitrogens is 2. The van der Waals surface area contributed by atoms with Crippen LogP contribution in [-0.2, 0) is 17.9 Å². The summed E-state index contributed by atoms with van der Waals surface area (Å²) in [4.78, 5) is 13.4. The Morgan fingerprint density at radius 1 is 1.11 bits per heavy atom. The van der Waals surface area contributed by atoms with Crippen LogP contribution in [0.1, 0.15) is 28.9 Å². The summed E-state index contributed by atoms with van der Waals surface area (Å²) in [5.74, 6) is 0.831. The number of carbonyl (C=O) groups excluding carboxylic acids is 1. The van der Waals surface area contributed by atoms with E-state index in [-0.39, 0.29) is 5.91 Å². The van der Waals surface area contributed by atoms with E-state index in [9.17, 15) is 4.79 Å². The summed E-state index contributed by atoms with van der Waals surface area (Å²) in [6.45, 7) is 5.33. The summed E-state index contributed by atoms with van der Waals surface area (Å²) < 4.78 is 3.07. The maximum atomic E-state index is 12.2. The number of hydrogen-bond donors (Lipinski definition) is 1. The zero-order chi connectivity index (χ0) is 19.9. The number of thioether (sulfide) groups is 1. The monoisotopic (exact) mass is 457 g/mol. The van der Waals surface area contributed by atoms with Crippen molar-refractivity contribution in [2.24, 2.45) is 0 Å². The Hall–Kier alpha value is -2.05. The molecule has 0 unspecified atom stereocenters. The smallest absolute Gasteiger partial charge is 0.221 e. The number of aryl methyl sites for hydroxylation is 1. The number of amides is 1. The van der Waals surface area contributed by atoms with Gasteiger partial charge in [0.05, 0.1) is 12.2 Å². The minimum atomic E-state index is 0.0687. The molecule has 0 aliphatic rings. The second-order valence-electron chi connectivity index (χ2n) is 6.62. The van der Waals surface area contributed by atoms with E-state index in [1.807, 2.05) is 41.9 Å². The normalized spacial score (nSPS) is 10.8. The first kappa shape index (κ1) is 20.7. The standard InChI is InChI=1S/C22H24BrN3OS/c1-16-21(17(2)26(25-16)15-18-6-4-3-5-7-18)14-24-22(27)12-13-28-20-10-8-19(23)9-11-20/h3-11H,12-15H2,1-2H3,(H,24,27). The Labute approximate surface area is 178 Å². The molecule has 3 aromatic rings. The summed E-state index contributed by atoms with van der Waals surface area (Å²) in [5.41, 5.74) is 4.39. The van der Waals surface area contributed by atoms with Gasteiger partial charge in [-0.05, 0) is 43.7 Å². The topological polar surface area (TPSA) is 46.9 Å². The van der Waals surface area contributed by atoms with Crippen molar-refractivity contribution in [1.82, 2.24) is 15.1 Å². The van der Waals surface area contributed by atoms with Crippen molar-refractivity contribution in [2.75, 3.05) is 5.75 Å². The third-order valence-electron chi connectivity index (χ3n) is 4.58. The predicted molar refractivity (Wildman–Crippen MR) is 119 cm³/mol. The molecule has 0 radical (unpaired) electrons. The molecule has 1 N–H and O–H groups in total. The lowest BCUT2D eigenvalue weighted by Gasteiger charge is -2.08. The van der Waals surface area contributed by atoms with Gasteiger partial charge in [0.2, 0.25) is 5.91 Å². The van der Waals surface area contributed by atoms with Crippen molar-refractivity contribution in [2.45, 2.75) is 38.3 Å². The van der Waals surface area contributed by atoms with Crippen LogP contribution in [-0.4, -0.2) is 21.4 Å². The second kappa shape index (κ2) is 9.94. The number of nitrogens with zero attached hydrogens (tertiary/aromatic N) is 2. The van der Waals surface area contributed by atoms with Crippen LogP contribution in [0.5, 0.6) is 0 Å². The largest absolute Gasteiger partial charge is 0.352 e. The summed E-state index contributed by atoms with van der Waals surface area (Å²) in [6.07, 6.45) is 0.497. The molecule has 6 heteroatoms. The third-order valence-corrected chi connectivity index (χ3v) is 6.12. The van der Waals surface area contributed by atoms with Crippen LogP contribution in [0.25, 0.3) is 0 Å². The summed E-state index contributed by atoms with van der Waals surface area (Å²) >= 11 is 5.12. The fraction of sp³-hybridized carbons (Fsp3) is 0.273. The van der Waals surface area contributed by atoms with Gasteiger partial charge in [-0.15, -0.1) is 11.8 Å². The molecule has 0 saturated carbocycles. The minimum Gasteiger partial charge on any atom is -0.352 e. The molecule has 1 aromatic heterocycles. The number of halogens is 1. The van der Waals surface area contributed by atoms with Gasteiger partial charge in [-0.1, -0.05) is 46.3 Å². The van der Waals surface area contributed by atoms with Gasteiger partial charge in [-0.2, -0.15) is 5.10 Å². The van der Waals surface area contributed by atoms with E-state index in [0.29, 0.717) is 13.0 Å². The van der Waals surface area contributed by atoms with Crippen LogP contribution in [0.4, 0.5) is 0 Å². The lowest BCUT2D eigenvalue weighted by Crippen LogP contribution is -2.23. The molecule has 146 valence electrons. The van der Waals surface area contributed by atoms with Gasteiger partial charge < -0.3 is 5.32 Å². The van der Waals surface area contributed by atoms with Crippen molar-refractivity contribution >= 4 is 33.6 Å². The Morgan fingerprint density at radius 2 is 1.82 bits per heavy atom. The summed E-state index contributed by atoms with van der Waals surface area (Å²) in [6, 6.07) is 18.4. The molecule has 1 amide bonds. The lowest BCUT2D eigenvalue weighted by atomic mass is 10.2. The average molecular weight is 458 g/mol. The van der Waals surface area contributed by atoms with Gasteiger partial charge in [0, 0.05) is 39.3 Å². The maximum Gasteiger partial charge on any atom is 0.221 e. The van der Waals surface area contributed by atoms with Crippen LogP contribution in [0.3, 0.4) is 0 Å². The average Bonchev–Trinajstić information content (AvgIpc) is 2.95. The highest BCUT2D eigenvalue weighted by atomic mass is 79.9. The van der Waals surface area contributed by atoms with E-state index >= 15 is 0 Å². The highest BCUT2D eigenvalue weighted by Crippen LogP contribution is 2.21. The van der Waals surface area contributed by atoms with Crippen molar-refractivity contribution < 1.29 is 4.79 Å². The SMILES string of the molecule is Cc1nn(Cc2ccccc2)c(C)c1CNC(=O)CCSc1ccc(Br)cc1. The molecule has 0 aliphatic carbocycles. The number of carbonyl (C=O) groups is 1. The third kappa shape index (κ3) is 5.72. The molecular weight excluding hydrogens is 434 g/mol. The van der Waals surface area contributed by atoms with Gasteiger partial charge in [-0.3, -0.25) is 9.48 Å². The molecule has 0 saturated heterocycles. The van der Waals surface area contributed by atoms with Gasteiger partial charge in [-0.25, -0.2) is 0 Å². The van der Waals surface area contributed by atoms with Crippen LogP contribution in [0.2, 0.25) is 0 Å². The molecule has 0 aliphatic heterocycles. The quantitative estimate of drug-likeness (QED) is 0.478. The number of hydrogen-bond acceptors (Lipinski definition) is 3. The van der Waals surface area contributed by atoms with Crippen molar-refractivity contribution in [3.63, 3.8) is 0 Å². The molecule has 28 heavy (non-hydrogen) atoms. The van der Waals surface area contributed by atoms with E-state index in [2.05, 4.69) is 57.5 Å². The van der Waals surface area contributed by atoms with E-state index in [1.165, 1.54) is 10.5 Å². The minimum absolute atomic E-state index is 0.0687. The molecule has 1 heterocycles. The number of benzene rings is 2. The molecule has 3 rings (SSSR count). The molecule has 0 atom stereocenters. The molecular formula is C22H24BrN3OS. The first-order chi connectivity index (χ1) is 13.5. The van der Waals surface area contributed by atoms with Crippen LogP contribution in [0.15, 0.2) is 64.0 Å². The maximum absolute atomic E-state index is 12.2. The fourth-order valence-electron chi connectivity index (χ4n) is 2.97. The zero-order valence-electron chi connectivity index (χ0n) is 16.1. The first-order valence-corrected chi connectivity index (χ1v) is 11.0. The molecule has 0 spiro atoms. The van der Waals surface area contributed by atoms with E-state index in [0.717, 1.165) is 33.7 Å². The van der Waals surface area contributed by atoms with E-state index < -0.39 is 0 Å². The Morgan fingerprint density at radius 3 is 2.54 bits per heavy atom. The first-order valence-electron chi connectivity index (χ1n) is 9.25. The van der Waals surface area contributed by atoms with Gasteiger partial charge in [0.15, 0.2) is 0 Å². The zero-order valence-corrected chi connectivity index (χ0v) is 18.5. The summed E-state index contributed by atoms with van der Waals surface area (Å²) in [5, 5.41) is 7.69. The van der Waals surface area contributed by atoms with E-state index in [1.54, 1.807) is 11.8 Å². The van der Waals surface area contributed by atoms with Gasteiger partial charge >= 0.3 is 0 Å². The van der Waals surface area contributed by atoms with Crippen molar-refractivity contribution in [3.05, 3.63) is 81.6 Å². The van der Waals surface area contributed by atoms with Crippen LogP contribution >= 0.6 is 27.7 Å². The van der Waals surface area contributed by atoms with Gasteiger partial charge in [0.25, 0.3) is 0 Å². The Kier molecular flexibility index (Phi) is 7.34. The number of nitrogens with one attached hydrogen (secondary N) is 1. The number of rotatable bonds is 8. The second-order valence-corrected chi connectivity index (χ2v) is 8.71. The Balaban J connectivity index is 1.49. The highest BCUT2D eigenvalue weighted by molar-refractivity contribution is 9.10. The molecule has 4 nitrogen and oxygen atoms in total. The van der Waals surface area contributed by atoms with Gasteiger partial charge in [0.1, 0.15) is 0 Å². The highest BCUT2D eigenvalue weighted by Gasteiger charge is 2.13. The van der Waals surface area contributed by atoms with E-state index in [4.69, 9.17) is 0 Å². The van der Waals surface area contributed by atoms with Crippen LogP contribution < -0.4 is 5.32 Å². The predicted octanol–water partition coefficient (Wildman–Crippen LogP) is 5.11. The lowest BCUT2D eigenvalue weighted by molar-refractivity contribution is -0.120. The molecule has 0 bridgehead atoms. The van der Waals surface area contributed by atoms with Crippen LogP contribution in [0, 0.1) is 13.8 Å². The summed E-state index contributed by atoms with van der Waals surface area (Å²) in [7, 11) is 0. The Bertz CT molecular complexity index is 923.